The van der Waals surface area contributed by atoms with Gasteiger partial charge in [0.1, 0.15) is 0 Å². The largest absolute Gasteiger partial charge is 0.309 e. The summed E-state index contributed by atoms with van der Waals surface area (Å²) in [6.07, 6.45) is 5.59. The number of rotatable bonds is 6. The fraction of sp³-hybridized carbons (Fsp3) is 0.733. The molecule has 2 aliphatic rings. The second-order valence-corrected chi connectivity index (χ2v) is 9.03. The van der Waals surface area contributed by atoms with Gasteiger partial charge >= 0.3 is 0 Å². The van der Waals surface area contributed by atoms with Gasteiger partial charge in [-0.05, 0) is 43.0 Å². The third kappa shape index (κ3) is 3.50. The Balaban J connectivity index is 1.70. The zero-order valence-corrected chi connectivity index (χ0v) is 14.2. The normalized spacial score (nSPS) is 21.8. The van der Waals surface area contributed by atoms with Crippen molar-refractivity contribution in [2.24, 2.45) is 5.92 Å². The minimum absolute atomic E-state index is 0.524. The maximum absolute atomic E-state index is 12.8. The molecule has 21 heavy (non-hydrogen) atoms. The molecule has 2 fully saturated rings. The first-order chi connectivity index (χ1) is 10.1. The van der Waals surface area contributed by atoms with E-state index in [1.54, 1.807) is 21.7 Å². The molecule has 0 bridgehead atoms. The Bertz CT molecular complexity index is 570. The molecule has 0 amide bonds. The highest BCUT2D eigenvalue weighted by molar-refractivity contribution is 7.89. The molecule has 1 N–H and O–H groups in total. The van der Waals surface area contributed by atoms with Crippen molar-refractivity contribution >= 4 is 21.4 Å². The summed E-state index contributed by atoms with van der Waals surface area (Å²) in [6, 6.07) is 2.37. The summed E-state index contributed by atoms with van der Waals surface area (Å²) < 4.78 is 27.3. The van der Waals surface area contributed by atoms with Gasteiger partial charge in [-0.15, -0.1) is 11.3 Å². The van der Waals surface area contributed by atoms with Gasteiger partial charge in [0, 0.05) is 30.6 Å². The fourth-order valence-electron chi connectivity index (χ4n) is 2.91. The van der Waals surface area contributed by atoms with Gasteiger partial charge in [0.15, 0.2) is 0 Å². The zero-order chi connectivity index (χ0) is 14.9. The summed E-state index contributed by atoms with van der Waals surface area (Å²) in [6.45, 7) is 4.22. The number of nitrogens with zero attached hydrogens (tertiary/aromatic N) is 1. The molecule has 3 rings (SSSR count). The maximum atomic E-state index is 12.8. The Hall–Kier alpha value is -0.430. The summed E-state index contributed by atoms with van der Waals surface area (Å²) in [5.74, 6) is 0.690. The van der Waals surface area contributed by atoms with E-state index < -0.39 is 10.0 Å². The molecule has 1 aromatic heterocycles. The van der Waals surface area contributed by atoms with Gasteiger partial charge in [-0.25, -0.2) is 8.42 Å². The van der Waals surface area contributed by atoms with Crippen molar-refractivity contribution in [2.45, 2.75) is 56.5 Å². The zero-order valence-electron chi connectivity index (χ0n) is 12.5. The molecule has 1 aliphatic carbocycles. The summed E-state index contributed by atoms with van der Waals surface area (Å²) in [5.41, 5.74) is 0. The van der Waals surface area contributed by atoms with Crippen molar-refractivity contribution in [2.75, 3.05) is 13.1 Å². The number of nitrogens with one attached hydrogen (secondary N) is 1. The van der Waals surface area contributed by atoms with Crippen LogP contribution in [0.2, 0.25) is 0 Å². The van der Waals surface area contributed by atoms with Crippen LogP contribution in [0, 0.1) is 5.92 Å². The van der Waals surface area contributed by atoms with Crippen LogP contribution in [0.4, 0.5) is 0 Å². The molecule has 118 valence electrons. The van der Waals surface area contributed by atoms with E-state index >= 15 is 0 Å². The van der Waals surface area contributed by atoms with Gasteiger partial charge in [0.25, 0.3) is 0 Å². The first-order valence-corrected chi connectivity index (χ1v) is 10.2. The molecule has 0 radical (unpaired) electrons. The van der Waals surface area contributed by atoms with Crippen LogP contribution in [0.1, 0.15) is 43.9 Å². The average Bonchev–Trinajstić information content (AvgIpc) is 3.20. The molecule has 1 saturated heterocycles. The van der Waals surface area contributed by atoms with Crippen LogP contribution in [0.15, 0.2) is 16.3 Å². The van der Waals surface area contributed by atoms with Crippen LogP contribution >= 0.6 is 11.3 Å². The lowest BCUT2D eigenvalue weighted by atomic mass is 9.96. The van der Waals surface area contributed by atoms with E-state index in [1.165, 1.54) is 12.8 Å². The first-order valence-electron chi connectivity index (χ1n) is 7.91. The fourth-order valence-corrected chi connectivity index (χ4v) is 5.74. The minimum Gasteiger partial charge on any atom is -0.309 e. The molecule has 1 saturated carbocycles. The first kappa shape index (κ1) is 15.5. The number of piperidine rings is 1. The Morgan fingerprint density at radius 3 is 2.62 bits per heavy atom. The molecule has 1 aliphatic heterocycles. The predicted octanol–water partition coefficient (Wildman–Crippen LogP) is 2.81. The molecule has 0 atom stereocenters. The van der Waals surface area contributed by atoms with E-state index in [4.69, 9.17) is 0 Å². The van der Waals surface area contributed by atoms with Crippen LogP contribution in [0.3, 0.4) is 0 Å². The lowest BCUT2D eigenvalue weighted by Gasteiger charge is -2.30. The Kier molecular flexibility index (Phi) is 4.69. The van der Waals surface area contributed by atoms with Crippen molar-refractivity contribution < 1.29 is 8.42 Å². The molecule has 4 nitrogen and oxygen atoms in total. The third-order valence-electron chi connectivity index (χ3n) is 4.60. The topological polar surface area (TPSA) is 49.4 Å². The SMILES string of the molecule is CCC1CCN(S(=O)(=O)c2ccsc2CNC2CC2)CC1. The number of thiophene rings is 1. The molecule has 6 heteroatoms. The average molecular weight is 329 g/mol. The monoisotopic (exact) mass is 328 g/mol. The second-order valence-electron chi connectivity index (χ2n) is 6.12. The van der Waals surface area contributed by atoms with Gasteiger partial charge in [0.05, 0.1) is 4.90 Å². The summed E-state index contributed by atoms with van der Waals surface area (Å²) in [4.78, 5) is 1.48. The minimum atomic E-state index is -3.30. The van der Waals surface area contributed by atoms with Gasteiger partial charge in [-0.1, -0.05) is 13.3 Å². The molecule has 1 aromatic rings. The van der Waals surface area contributed by atoms with Crippen molar-refractivity contribution in [3.8, 4) is 0 Å². The van der Waals surface area contributed by atoms with Crippen molar-refractivity contribution in [1.29, 1.82) is 0 Å². The van der Waals surface area contributed by atoms with Crippen LogP contribution in [-0.2, 0) is 16.6 Å². The van der Waals surface area contributed by atoms with Crippen molar-refractivity contribution in [3.05, 3.63) is 16.3 Å². The Morgan fingerprint density at radius 1 is 1.29 bits per heavy atom. The molecular weight excluding hydrogens is 304 g/mol. The van der Waals surface area contributed by atoms with E-state index in [9.17, 15) is 8.42 Å². The summed E-state index contributed by atoms with van der Waals surface area (Å²) >= 11 is 1.55. The van der Waals surface area contributed by atoms with E-state index in [2.05, 4.69) is 12.2 Å². The highest BCUT2D eigenvalue weighted by Crippen LogP contribution is 2.30. The molecule has 0 unspecified atom stereocenters. The number of sulfonamides is 1. The van der Waals surface area contributed by atoms with Crippen molar-refractivity contribution in [3.63, 3.8) is 0 Å². The highest BCUT2D eigenvalue weighted by Gasteiger charge is 2.31. The van der Waals surface area contributed by atoms with Gasteiger partial charge < -0.3 is 5.32 Å². The molecule has 0 aromatic carbocycles. The highest BCUT2D eigenvalue weighted by atomic mass is 32.2. The van der Waals surface area contributed by atoms with E-state index in [0.29, 0.717) is 36.5 Å². The van der Waals surface area contributed by atoms with Gasteiger partial charge in [0.2, 0.25) is 10.0 Å². The van der Waals surface area contributed by atoms with Gasteiger partial charge in [-0.3, -0.25) is 0 Å². The Labute approximate surface area is 131 Å². The standard InChI is InChI=1S/C15H24N2O2S2/c1-2-12-5-8-17(9-6-12)21(18,19)15-7-10-20-14(15)11-16-13-3-4-13/h7,10,12-13,16H,2-6,8-9,11H2,1H3. The second kappa shape index (κ2) is 6.36. The number of hydrogen-bond donors (Lipinski definition) is 1. The maximum Gasteiger partial charge on any atom is 0.244 e. The van der Waals surface area contributed by atoms with Crippen LogP contribution < -0.4 is 5.32 Å². The van der Waals surface area contributed by atoms with Crippen LogP contribution in [0.25, 0.3) is 0 Å². The van der Waals surface area contributed by atoms with Gasteiger partial charge in [-0.2, -0.15) is 4.31 Å². The molecule has 2 heterocycles. The van der Waals surface area contributed by atoms with E-state index in [0.717, 1.165) is 24.1 Å². The smallest absolute Gasteiger partial charge is 0.244 e. The molecular formula is C15H24N2O2S2. The Morgan fingerprint density at radius 2 is 2.00 bits per heavy atom. The van der Waals surface area contributed by atoms with E-state index in [1.807, 2.05) is 5.38 Å². The number of hydrogen-bond acceptors (Lipinski definition) is 4. The summed E-state index contributed by atoms with van der Waals surface area (Å²) in [5, 5.41) is 5.32. The van der Waals surface area contributed by atoms with E-state index in [-0.39, 0.29) is 0 Å². The molecule has 0 spiro atoms. The third-order valence-corrected chi connectivity index (χ3v) is 7.64. The predicted molar refractivity (Wildman–Crippen MR) is 86.0 cm³/mol. The quantitative estimate of drug-likeness (QED) is 0.873. The lowest BCUT2D eigenvalue weighted by Crippen LogP contribution is -2.38. The van der Waals surface area contributed by atoms with Crippen LogP contribution in [0.5, 0.6) is 0 Å². The van der Waals surface area contributed by atoms with Crippen LogP contribution in [-0.4, -0.2) is 31.9 Å². The van der Waals surface area contributed by atoms with Crippen molar-refractivity contribution in [1.82, 2.24) is 9.62 Å². The lowest BCUT2D eigenvalue weighted by molar-refractivity contribution is 0.269. The summed E-state index contributed by atoms with van der Waals surface area (Å²) in [7, 11) is -3.30.